The third kappa shape index (κ3) is 2.58. The highest BCUT2D eigenvalue weighted by atomic mass is 28.3. The standard InChI is InChI=1S/C8H14O2Si/c1-11-6-2-3-7(9)4-5-8(11)10/h11H,2-6H2,1H3. The van der Waals surface area contributed by atoms with E-state index in [2.05, 4.69) is 6.55 Å². The van der Waals surface area contributed by atoms with E-state index < -0.39 is 8.80 Å². The lowest BCUT2D eigenvalue weighted by atomic mass is 10.1. The molecule has 1 unspecified atom stereocenters. The number of Topliss-reactive ketones (excluding diaryl/α,β-unsaturated/α-hetero) is 1. The predicted octanol–water partition coefficient (Wildman–Crippen LogP) is 1.09. The van der Waals surface area contributed by atoms with Crippen LogP contribution in [0, 0.1) is 0 Å². The van der Waals surface area contributed by atoms with Gasteiger partial charge in [-0.25, -0.2) is 0 Å². The van der Waals surface area contributed by atoms with E-state index in [0.29, 0.717) is 24.7 Å². The summed E-state index contributed by atoms with van der Waals surface area (Å²) < 4.78 is 0. The lowest BCUT2D eigenvalue weighted by molar-refractivity contribution is -0.122. The van der Waals surface area contributed by atoms with Crippen LogP contribution in [0.4, 0.5) is 0 Å². The molecular formula is C8H14O2Si. The molecule has 0 spiro atoms. The lowest BCUT2D eigenvalue weighted by Gasteiger charge is -2.11. The first-order valence-electron chi connectivity index (χ1n) is 4.24. The summed E-state index contributed by atoms with van der Waals surface area (Å²) in [5.41, 5.74) is 0. The van der Waals surface area contributed by atoms with Gasteiger partial charge in [0.25, 0.3) is 0 Å². The van der Waals surface area contributed by atoms with E-state index >= 15 is 0 Å². The molecule has 0 aliphatic carbocycles. The Bertz CT molecular complexity index is 177. The molecule has 0 N–H and O–H groups in total. The van der Waals surface area contributed by atoms with Gasteiger partial charge in [0.15, 0.2) is 0 Å². The van der Waals surface area contributed by atoms with Crippen LogP contribution in [0.15, 0.2) is 0 Å². The Morgan fingerprint density at radius 2 is 1.91 bits per heavy atom. The summed E-state index contributed by atoms with van der Waals surface area (Å²) in [5.74, 6) is 0.277. The Kier molecular flexibility index (Phi) is 2.99. The van der Waals surface area contributed by atoms with Gasteiger partial charge in [0, 0.05) is 19.3 Å². The van der Waals surface area contributed by atoms with Crippen molar-refractivity contribution in [2.24, 2.45) is 0 Å². The van der Waals surface area contributed by atoms with Crippen molar-refractivity contribution < 1.29 is 9.59 Å². The highest BCUT2D eigenvalue weighted by Gasteiger charge is 2.18. The Labute approximate surface area is 68.6 Å². The van der Waals surface area contributed by atoms with Crippen LogP contribution in [0.25, 0.3) is 0 Å². The molecule has 3 heteroatoms. The van der Waals surface area contributed by atoms with Gasteiger partial charge in [0.1, 0.15) is 20.0 Å². The smallest absolute Gasteiger partial charge is 0.133 e. The van der Waals surface area contributed by atoms with Gasteiger partial charge in [-0.3, -0.25) is 4.79 Å². The number of rotatable bonds is 0. The topological polar surface area (TPSA) is 34.1 Å². The van der Waals surface area contributed by atoms with Crippen LogP contribution in [0.5, 0.6) is 0 Å². The molecule has 2 nitrogen and oxygen atoms in total. The number of ketones is 1. The molecule has 1 aliphatic heterocycles. The molecule has 1 rings (SSSR count). The fraction of sp³-hybridized carbons (Fsp3) is 0.750. The zero-order valence-electron chi connectivity index (χ0n) is 6.93. The zero-order valence-corrected chi connectivity index (χ0v) is 8.08. The largest absolute Gasteiger partial charge is 0.306 e. The molecule has 0 aromatic heterocycles. The van der Waals surface area contributed by atoms with Gasteiger partial charge in [0.05, 0.1) is 0 Å². The van der Waals surface area contributed by atoms with E-state index in [1.54, 1.807) is 0 Å². The fourth-order valence-corrected chi connectivity index (χ4v) is 3.18. The average molecular weight is 170 g/mol. The van der Waals surface area contributed by atoms with Gasteiger partial charge in [-0.05, 0) is 6.42 Å². The van der Waals surface area contributed by atoms with Crippen molar-refractivity contribution in [3.63, 3.8) is 0 Å². The molecule has 1 aliphatic rings. The number of carbonyl (C=O) groups is 2. The van der Waals surface area contributed by atoms with Crippen LogP contribution in [-0.4, -0.2) is 20.0 Å². The first-order chi connectivity index (χ1) is 5.20. The van der Waals surface area contributed by atoms with Crippen LogP contribution in [0.2, 0.25) is 12.6 Å². The van der Waals surface area contributed by atoms with Crippen molar-refractivity contribution in [2.45, 2.75) is 38.3 Å². The second kappa shape index (κ2) is 3.81. The average Bonchev–Trinajstić information content (AvgIpc) is 1.98. The van der Waals surface area contributed by atoms with Crippen molar-refractivity contribution in [2.75, 3.05) is 0 Å². The second-order valence-corrected chi connectivity index (χ2v) is 6.32. The Hall–Kier alpha value is -0.443. The van der Waals surface area contributed by atoms with E-state index in [4.69, 9.17) is 0 Å². The van der Waals surface area contributed by atoms with E-state index in [-0.39, 0.29) is 5.78 Å². The fourth-order valence-electron chi connectivity index (χ4n) is 1.40. The van der Waals surface area contributed by atoms with Gasteiger partial charge in [-0.1, -0.05) is 12.6 Å². The molecule has 1 heterocycles. The highest BCUT2D eigenvalue weighted by Crippen LogP contribution is 2.12. The summed E-state index contributed by atoms with van der Waals surface area (Å²) in [7, 11) is -1.08. The maximum Gasteiger partial charge on any atom is 0.133 e. The van der Waals surface area contributed by atoms with Crippen molar-refractivity contribution in [1.29, 1.82) is 0 Å². The first kappa shape index (κ1) is 8.65. The summed E-state index contributed by atoms with van der Waals surface area (Å²) in [6.45, 7) is 2.10. The molecule has 1 saturated heterocycles. The van der Waals surface area contributed by atoms with Gasteiger partial charge in [-0.15, -0.1) is 0 Å². The van der Waals surface area contributed by atoms with Crippen molar-refractivity contribution in [3.8, 4) is 0 Å². The van der Waals surface area contributed by atoms with E-state index in [1.807, 2.05) is 0 Å². The molecule has 11 heavy (non-hydrogen) atoms. The molecule has 0 aromatic rings. The van der Waals surface area contributed by atoms with Gasteiger partial charge in [-0.2, -0.15) is 0 Å². The minimum absolute atomic E-state index is 0.277. The SMILES string of the molecule is C[SiH]1CCCC(=O)CCC1=O. The van der Waals surface area contributed by atoms with Crippen LogP contribution in [-0.2, 0) is 9.59 Å². The van der Waals surface area contributed by atoms with Gasteiger partial charge < -0.3 is 4.79 Å². The van der Waals surface area contributed by atoms with Crippen molar-refractivity contribution >= 4 is 20.0 Å². The number of hydrogen-bond donors (Lipinski definition) is 0. The minimum Gasteiger partial charge on any atom is -0.306 e. The number of carbonyl (C=O) groups excluding carboxylic acids is 2. The predicted molar refractivity (Wildman–Crippen MR) is 46.3 cm³/mol. The second-order valence-electron chi connectivity index (χ2n) is 3.30. The van der Waals surface area contributed by atoms with Crippen LogP contribution >= 0.6 is 0 Å². The summed E-state index contributed by atoms with van der Waals surface area (Å²) in [6.07, 6.45) is 2.71. The van der Waals surface area contributed by atoms with Crippen molar-refractivity contribution in [3.05, 3.63) is 0 Å². The minimum atomic E-state index is -1.08. The first-order valence-corrected chi connectivity index (χ1v) is 6.79. The zero-order chi connectivity index (χ0) is 8.27. The normalized spacial score (nSPS) is 27.9. The Morgan fingerprint density at radius 1 is 1.18 bits per heavy atom. The van der Waals surface area contributed by atoms with E-state index in [0.717, 1.165) is 12.5 Å². The summed E-state index contributed by atoms with van der Waals surface area (Å²) in [5, 5.41) is 0.401. The maximum absolute atomic E-state index is 11.2. The summed E-state index contributed by atoms with van der Waals surface area (Å²) >= 11 is 0. The molecule has 0 saturated carbocycles. The molecule has 0 radical (unpaired) electrons. The molecule has 0 bridgehead atoms. The summed E-state index contributed by atoms with van der Waals surface area (Å²) in [6, 6.07) is 1.03. The third-order valence-corrected chi connectivity index (χ3v) is 4.95. The van der Waals surface area contributed by atoms with Gasteiger partial charge >= 0.3 is 0 Å². The van der Waals surface area contributed by atoms with Crippen LogP contribution < -0.4 is 0 Å². The molecular weight excluding hydrogens is 156 g/mol. The maximum atomic E-state index is 11.2. The van der Waals surface area contributed by atoms with E-state index in [9.17, 15) is 9.59 Å². The quantitative estimate of drug-likeness (QED) is 0.510. The van der Waals surface area contributed by atoms with Crippen molar-refractivity contribution in [1.82, 2.24) is 0 Å². The Morgan fingerprint density at radius 3 is 2.64 bits per heavy atom. The highest BCUT2D eigenvalue weighted by molar-refractivity contribution is 6.89. The Balaban J connectivity index is 2.47. The van der Waals surface area contributed by atoms with Gasteiger partial charge in [0.2, 0.25) is 0 Å². The van der Waals surface area contributed by atoms with Crippen LogP contribution in [0.1, 0.15) is 25.7 Å². The molecule has 0 amide bonds. The third-order valence-electron chi connectivity index (χ3n) is 2.29. The molecule has 62 valence electrons. The molecule has 1 fully saturated rings. The molecule has 0 aromatic carbocycles. The number of hydrogen-bond acceptors (Lipinski definition) is 2. The monoisotopic (exact) mass is 170 g/mol. The van der Waals surface area contributed by atoms with E-state index in [1.165, 1.54) is 0 Å². The molecule has 1 atom stereocenters. The summed E-state index contributed by atoms with van der Waals surface area (Å²) in [4.78, 5) is 22.2. The van der Waals surface area contributed by atoms with Crippen LogP contribution in [0.3, 0.4) is 0 Å². The lowest BCUT2D eigenvalue weighted by Crippen LogP contribution is -2.24.